The van der Waals surface area contributed by atoms with Crippen molar-refractivity contribution in [3.63, 3.8) is 0 Å². The summed E-state index contributed by atoms with van der Waals surface area (Å²) in [6, 6.07) is 10.0. The lowest BCUT2D eigenvalue weighted by Crippen LogP contribution is -2.26. The van der Waals surface area contributed by atoms with Crippen LogP contribution in [0.25, 0.3) is 0 Å². The Hall–Kier alpha value is -1.57. The number of hydrogen-bond acceptors (Lipinski definition) is 1. The summed E-state index contributed by atoms with van der Waals surface area (Å²) in [5.74, 6) is 0.0752. The van der Waals surface area contributed by atoms with Crippen molar-refractivity contribution < 1.29 is 4.79 Å². The van der Waals surface area contributed by atoms with E-state index >= 15 is 0 Å². The van der Waals surface area contributed by atoms with Gasteiger partial charge in [-0.15, -0.1) is 6.58 Å². The maximum Gasteiger partial charge on any atom is 0.220 e. The minimum absolute atomic E-state index is 0.0727. The van der Waals surface area contributed by atoms with Gasteiger partial charge in [-0.05, 0) is 18.9 Å². The van der Waals surface area contributed by atoms with Crippen LogP contribution in [0.2, 0.25) is 0 Å². The van der Waals surface area contributed by atoms with E-state index in [0.717, 1.165) is 12.0 Å². The van der Waals surface area contributed by atoms with E-state index in [0.29, 0.717) is 6.42 Å². The molecule has 0 heterocycles. The van der Waals surface area contributed by atoms with Gasteiger partial charge in [0, 0.05) is 6.42 Å². The molecule has 0 aliphatic rings. The highest BCUT2D eigenvalue weighted by atomic mass is 16.1. The highest BCUT2D eigenvalue weighted by Gasteiger charge is 2.07. The summed E-state index contributed by atoms with van der Waals surface area (Å²) >= 11 is 0. The van der Waals surface area contributed by atoms with Crippen molar-refractivity contribution in [2.45, 2.75) is 25.8 Å². The van der Waals surface area contributed by atoms with E-state index in [-0.39, 0.29) is 11.9 Å². The Kier molecular flexibility index (Phi) is 4.61. The molecule has 15 heavy (non-hydrogen) atoms. The van der Waals surface area contributed by atoms with E-state index in [9.17, 15) is 4.79 Å². The third-order valence-corrected chi connectivity index (χ3v) is 2.25. The Morgan fingerprint density at radius 2 is 2.13 bits per heavy atom. The first-order valence-corrected chi connectivity index (χ1v) is 5.19. The van der Waals surface area contributed by atoms with Crippen LogP contribution < -0.4 is 5.32 Å². The summed E-state index contributed by atoms with van der Waals surface area (Å²) < 4.78 is 0. The minimum atomic E-state index is 0.0727. The molecular weight excluding hydrogens is 186 g/mol. The van der Waals surface area contributed by atoms with E-state index in [4.69, 9.17) is 0 Å². The van der Waals surface area contributed by atoms with Crippen LogP contribution in [0.3, 0.4) is 0 Å². The van der Waals surface area contributed by atoms with E-state index < -0.39 is 0 Å². The van der Waals surface area contributed by atoms with Gasteiger partial charge >= 0.3 is 0 Å². The molecule has 0 unspecified atom stereocenters. The lowest BCUT2D eigenvalue weighted by atomic mass is 10.1. The summed E-state index contributed by atoms with van der Waals surface area (Å²) in [4.78, 5) is 11.4. The fourth-order valence-corrected chi connectivity index (χ4v) is 1.37. The molecule has 0 fully saturated rings. The summed E-state index contributed by atoms with van der Waals surface area (Å²) in [5, 5.41) is 2.94. The zero-order chi connectivity index (χ0) is 11.1. The molecule has 1 N–H and O–H groups in total. The maximum absolute atomic E-state index is 11.4. The standard InChI is InChI=1S/C13H17NO/c1-3-4-10-13(15)14-11(2)12-8-6-5-7-9-12/h3,5-9,11H,1,4,10H2,2H3,(H,14,15)/t11-/m1/s1. The van der Waals surface area contributed by atoms with Crippen molar-refractivity contribution in [1.82, 2.24) is 5.32 Å². The topological polar surface area (TPSA) is 29.1 Å². The molecule has 1 aromatic carbocycles. The zero-order valence-corrected chi connectivity index (χ0v) is 9.07. The number of rotatable bonds is 5. The van der Waals surface area contributed by atoms with E-state index in [1.165, 1.54) is 0 Å². The smallest absolute Gasteiger partial charge is 0.220 e. The number of allylic oxidation sites excluding steroid dienone is 1. The second-order valence-corrected chi connectivity index (χ2v) is 3.53. The molecule has 2 heteroatoms. The Bertz CT molecular complexity index is 319. The summed E-state index contributed by atoms with van der Waals surface area (Å²) in [5.41, 5.74) is 1.13. The van der Waals surface area contributed by atoms with Crippen molar-refractivity contribution >= 4 is 5.91 Å². The molecule has 0 bridgehead atoms. The number of amides is 1. The molecule has 1 amide bonds. The van der Waals surface area contributed by atoms with Crippen molar-refractivity contribution in [3.05, 3.63) is 48.6 Å². The van der Waals surface area contributed by atoms with Gasteiger partial charge < -0.3 is 5.32 Å². The van der Waals surface area contributed by atoms with Gasteiger partial charge in [-0.25, -0.2) is 0 Å². The minimum Gasteiger partial charge on any atom is -0.350 e. The SMILES string of the molecule is C=CCCC(=O)N[C@H](C)c1ccccc1. The quantitative estimate of drug-likeness (QED) is 0.732. The predicted molar refractivity (Wildman–Crippen MR) is 62.4 cm³/mol. The van der Waals surface area contributed by atoms with Gasteiger partial charge in [-0.2, -0.15) is 0 Å². The molecule has 0 aliphatic heterocycles. The van der Waals surface area contributed by atoms with Crippen LogP contribution in [0.1, 0.15) is 31.4 Å². The van der Waals surface area contributed by atoms with Crippen LogP contribution in [-0.4, -0.2) is 5.91 Å². The van der Waals surface area contributed by atoms with Gasteiger partial charge in [0.1, 0.15) is 0 Å². The molecule has 2 nitrogen and oxygen atoms in total. The van der Waals surface area contributed by atoms with Crippen molar-refractivity contribution in [2.75, 3.05) is 0 Å². The van der Waals surface area contributed by atoms with E-state index in [2.05, 4.69) is 11.9 Å². The summed E-state index contributed by atoms with van der Waals surface area (Å²) in [7, 11) is 0. The molecule has 0 saturated heterocycles. The number of carbonyl (C=O) groups is 1. The largest absolute Gasteiger partial charge is 0.350 e. The molecule has 0 aromatic heterocycles. The third kappa shape index (κ3) is 3.98. The number of nitrogens with one attached hydrogen (secondary N) is 1. The van der Waals surface area contributed by atoms with Gasteiger partial charge in [-0.3, -0.25) is 4.79 Å². The molecule has 1 aromatic rings. The third-order valence-electron chi connectivity index (χ3n) is 2.25. The van der Waals surface area contributed by atoms with Gasteiger partial charge in [-0.1, -0.05) is 36.4 Å². The number of hydrogen-bond donors (Lipinski definition) is 1. The van der Waals surface area contributed by atoms with Gasteiger partial charge in [0.2, 0.25) is 5.91 Å². The van der Waals surface area contributed by atoms with Crippen LogP contribution in [0.5, 0.6) is 0 Å². The fraction of sp³-hybridized carbons (Fsp3) is 0.308. The van der Waals surface area contributed by atoms with Crippen LogP contribution in [0, 0.1) is 0 Å². The van der Waals surface area contributed by atoms with Crippen molar-refractivity contribution in [3.8, 4) is 0 Å². The molecule has 1 atom stereocenters. The Morgan fingerprint density at radius 3 is 2.73 bits per heavy atom. The van der Waals surface area contributed by atoms with Crippen LogP contribution in [-0.2, 0) is 4.79 Å². The molecule has 1 rings (SSSR count). The first-order chi connectivity index (χ1) is 7.24. The highest BCUT2D eigenvalue weighted by molar-refractivity contribution is 5.76. The Morgan fingerprint density at radius 1 is 1.47 bits per heavy atom. The lowest BCUT2D eigenvalue weighted by molar-refractivity contribution is -0.121. The fourth-order valence-electron chi connectivity index (χ4n) is 1.37. The van der Waals surface area contributed by atoms with Crippen molar-refractivity contribution in [2.24, 2.45) is 0 Å². The second kappa shape index (κ2) is 6.02. The average Bonchev–Trinajstić information content (AvgIpc) is 2.27. The first kappa shape index (κ1) is 11.5. The predicted octanol–water partition coefficient (Wildman–Crippen LogP) is 2.83. The monoisotopic (exact) mass is 203 g/mol. The van der Waals surface area contributed by atoms with Crippen molar-refractivity contribution in [1.29, 1.82) is 0 Å². The van der Waals surface area contributed by atoms with Crippen LogP contribution >= 0.6 is 0 Å². The maximum atomic E-state index is 11.4. The van der Waals surface area contributed by atoms with Crippen LogP contribution in [0.15, 0.2) is 43.0 Å². The Balaban J connectivity index is 2.45. The Labute approximate surface area is 91.0 Å². The molecule has 0 aliphatic carbocycles. The number of carbonyl (C=O) groups excluding carboxylic acids is 1. The molecule has 0 saturated carbocycles. The van der Waals surface area contributed by atoms with Gasteiger partial charge in [0.15, 0.2) is 0 Å². The second-order valence-electron chi connectivity index (χ2n) is 3.53. The summed E-state index contributed by atoms with van der Waals surface area (Å²) in [6.07, 6.45) is 3.00. The lowest BCUT2D eigenvalue weighted by Gasteiger charge is -2.13. The summed E-state index contributed by atoms with van der Waals surface area (Å²) in [6.45, 7) is 5.58. The van der Waals surface area contributed by atoms with Gasteiger partial charge in [0.25, 0.3) is 0 Å². The molecule has 80 valence electrons. The normalized spacial score (nSPS) is 11.8. The highest BCUT2D eigenvalue weighted by Crippen LogP contribution is 2.11. The molecule has 0 spiro atoms. The van der Waals surface area contributed by atoms with E-state index in [1.54, 1.807) is 6.08 Å². The zero-order valence-electron chi connectivity index (χ0n) is 9.07. The van der Waals surface area contributed by atoms with Gasteiger partial charge in [0.05, 0.1) is 6.04 Å². The molecule has 0 radical (unpaired) electrons. The molecular formula is C13H17NO. The first-order valence-electron chi connectivity index (χ1n) is 5.19. The van der Waals surface area contributed by atoms with E-state index in [1.807, 2.05) is 37.3 Å². The average molecular weight is 203 g/mol. The number of benzene rings is 1. The van der Waals surface area contributed by atoms with Crippen LogP contribution in [0.4, 0.5) is 0 Å².